The second-order valence-corrected chi connectivity index (χ2v) is 7.34. The summed E-state index contributed by atoms with van der Waals surface area (Å²) in [5.74, 6) is 2.29. The van der Waals surface area contributed by atoms with Crippen LogP contribution in [0.4, 0.5) is 0 Å². The molecule has 2 aromatic rings. The van der Waals surface area contributed by atoms with Gasteiger partial charge in [-0.3, -0.25) is 4.79 Å². The second-order valence-electron chi connectivity index (χ2n) is 6.33. The number of hydrogen-bond acceptors (Lipinski definition) is 5. The molecule has 0 atom stereocenters. The number of benzene rings is 1. The molecule has 0 bridgehead atoms. The number of ether oxygens (including phenoxy) is 2. The van der Waals surface area contributed by atoms with E-state index >= 15 is 0 Å². The van der Waals surface area contributed by atoms with Gasteiger partial charge in [0.05, 0.1) is 14.2 Å². The summed E-state index contributed by atoms with van der Waals surface area (Å²) in [5, 5.41) is 2.98. The molecule has 0 radical (unpaired) electrons. The van der Waals surface area contributed by atoms with Gasteiger partial charge >= 0.3 is 0 Å². The van der Waals surface area contributed by atoms with Gasteiger partial charge in [0, 0.05) is 11.1 Å². The molecular formula is C20H24N2O3S. The van der Waals surface area contributed by atoms with E-state index in [0.717, 1.165) is 11.1 Å². The molecule has 0 spiro atoms. The number of fused-ring (bicyclic) bond motifs is 1. The maximum Gasteiger partial charge on any atom is 0.254 e. The molecule has 6 heteroatoms. The Balaban J connectivity index is 0.000000339. The molecule has 138 valence electrons. The Morgan fingerprint density at radius 3 is 2.54 bits per heavy atom. The lowest BCUT2D eigenvalue weighted by Crippen LogP contribution is -2.14. The highest BCUT2D eigenvalue weighted by atomic mass is 32.2. The van der Waals surface area contributed by atoms with Gasteiger partial charge in [-0.15, -0.1) is 11.8 Å². The van der Waals surface area contributed by atoms with Gasteiger partial charge in [-0.2, -0.15) is 0 Å². The molecule has 2 heterocycles. The molecule has 4 rings (SSSR count). The number of nitrogens with two attached hydrogens (primary N) is 1. The first-order chi connectivity index (χ1) is 12.7. The van der Waals surface area contributed by atoms with E-state index in [2.05, 4.69) is 22.5 Å². The Morgan fingerprint density at radius 2 is 2.08 bits per heavy atom. The van der Waals surface area contributed by atoms with Gasteiger partial charge in [0.15, 0.2) is 0 Å². The van der Waals surface area contributed by atoms with Crippen molar-refractivity contribution in [2.24, 2.45) is 5.73 Å². The Hall–Kier alpha value is -2.21. The number of amides is 1. The van der Waals surface area contributed by atoms with Gasteiger partial charge in [0.25, 0.3) is 5.91 Å². The largest absolute Gasteiger partial charge is 0.494 e. The summed E-state index contributed by atoms with van der Waals surface area (Å²) in [5.41, 5.74) is 7.54. The van der Waals surface area contributed by atoms with Crippen LogP contribution in [0.1, 0.15) is 47.5 Å². The minimum absolute atomic E-state index is 0.235. The summed E-state index contributed by atoms with van der Waals surface area (Å²) in [7, 11) is 3.12. The van der Waals surface area contributed by atoms with Crippen LogP contribution in [0, 0.1) is 0 Å². The van der Waals surface area contributed by atoms with Crippen molar-refractivity contribution in [3.8, 4) is 11.6 Å². The third-order valence-corrected chi connectivity index (χ3v) is 5.60. The zero-order valence-electron chi connectivity index (χ0n) is 15.2. The molecule has 5 nitrogen and oxygen atoms in total. The lowest BCUT2D eigenvalue weighted by molar-refractivity contribution is 0.0997. The highest BCUT2D eigenvalue weighted by Crippen LogP contribution is 2.43. The number of carbonyl (C=O) groups excluding carboxylic acids is 1. The van der Waals surface area contributed by atoms with Crippen molar-refractivity contribution in [1.82, 2.24) is 4.98 Å². The fourth-order valence-electron chi connectivity index (χ4n) is 3.14. The number of pyridine rings is 1. The minimum atomic E-state index is -0.553. The second kappa shape index (κ2) is 8.45. The number of carbonyl (C=O) groups is 1. The zero-order valence-corrected chi connectivity index (χ0v) is 16.0. The molecule has 1 saturated carbocycles. The fourth-order valence-corrected chi connectivity index (χ4v) is 3.82. The minimum Gasteiger partial charge on any atom is -0.494 e. The number of primary amides is 1. The van der Waals surface area contributed by atoms with Crippen molar-refractivity contribution in [3.63, 3.8) is 0 Å². The van der Waals surface area contributed by atoms with E-state index in [4.69, 9.17) is 15.2 Å². The number of rotatable bonds is 4. The van der Waals surface area contributed by atoms with Crippen LogP contribution in [-0.4, -0.2) is 30.9 Å². The molecule has 1 aliphatic heterocycles. The summed E-state index contributed by atoms with van der Waals surface area (Å²) < 4.78 is 10.8. The lowest BCUT2D eigenvalue weighted by Gasteiger charge is -2.27. The van der Waals surface area contributed by atoms with Crippen molar-refractivity contribution in [2.75, 3.05) is 20.0 Å². The number of hydrogen-bond donors (Lipinski definition) is 1. The first-order valence-corrected chi connectivity index (χ1v) is 9.82. The molecule has 2 aliphatic rings. The van der Waals surface area contributed by atoms with Crippen molar-refractivity contribution in [3.05, 3.63) is 40.8 Å². The van der Waals surface area contributed by atoms with Crippen LogP contribution in [0.15, 0.2) is 29.7 Å². The first kappa shape index (κ1) is 18.6. The van der Waals surface area contributed by atoms with Crippen molar-refractivity contribution >= 4 is 28.6 Å². The maximum atomic E-state index is 11.5. The number of allylic oxidation sites excluding steroid dienone is 1. The van der Waals surface area contributed by atoms with Crippen LogP contribution >= 0.6 is 11.8 Å². The molecule has 0 saturated heterocycles. The van der Waals surface area contributed by atoms with Gasteiger partial charge in [-0.1, -0.05) is 24.6 Å². The smallest absolute Gasteiger partial charge is 0.254 e. The summed E-state index contributed by atoms with van der Waals surface area (Å²) in [6, 6.07) is 5.73. The molecule has 1 amide bonds. The number of aromatic nitrogens is 1. The van der Waals surface area contributed by atoms with Crippen molar-refractivity contribution in [1.29, 1.82) is 0 Å². The van der Waals surface area contributed by atoms with Gasteiger partial charge in [-0.05, 0) is 42.2 Å². The summed E-state index contributed by atoms with van der Waals surface area (Å²) in [6.45, 7) is 0. The third kappa shape index (κ3) is 3.80. The molecule has 2 N–H and O–H groups in total. The van der Waals surface area contributed by atoms with E-state index < -0.39 is 5.91 Å². The predicted molar refractivity (Wildman–Crippen MR) is 106 cm³/mol. The lowest BCUT2D eigenvalue weighted by atomic mass is 9.79. The standard InChI is InChI=1S/C16H18N2O3.C4H6S/c1-20-14-11(9-4-3-5-9)7-6-10-8-12(15(17)19)16(21-2)18-13(10)14;1-2-4-5-3-1/h6-9H,3-5H2,1-2H3,(H2,17,19);1,3H,2,4H2. The van der Waals surface area contributed by atoms with Gasteiger partial charge in [-0.25, -0.2) is 4.98 Å². The van der Waals surface area contributed by atoms with E-state index in [-0.39, 0.29) is 11.4 Å². The number of nitrogens with zero attached hydrogens (tertiary/aromatic N) is 1. The van der Waals surface area contributed by atoms with Crippen LogP contribution in [0.5, 0.6) is 11.6 Å². The molecule has 0 unspecified atom stereocenters. The SMILES string of the molecule is C1=CSCC1.COc1nc2c(OC)c(C3CCC3)ccc2cc1C(N)=O. The van der Waals surface area contributed by atoms with Crippen LogP contribution < -0.4 is 15.2 Å². The zero-order chi connectivity index (χ0) is 18.5. The topological polar surface area (TPSA) is 74.4 Å². The normalized spacial score (nSPS) is 15.9. The monoisotopic (exact) mass is 372 g/mol. The van der Waals surface area contributed by atoms with E-state index in [1.54, 1.807) is 13.2 Å². The molecule has 1 aliphatic carbocycles. The van der Waals surface area contributed by atoms with Gasteiger partial charge in [0.1, 0.15) is 16.8 Å². The third-order valence-electron chi connectivity index (χ3n) is 4.74. The Kier molecular flexibility index (Phi) is 6.04. The van der Waals surface area contributed by atoms with Gasteiger partial charge < -0.3 is 15.2 Å². The van der Waals surface area contributed by atoms with E-state index in [1.165, 1.54) is 44.1 Å². The predicted octanol–water partition coefficient (Wildman–Crippen LogP) is 4.26. The Bertz CT molecular complexity index is 825. The summed E-state index contributed by atoms with van der Waals surface area (Å²) in [4.78, 5) is 15.9. The highest BCUT2D eigenvalue weighted by molar-refractivity contribution is 8.02. The van der Waals surface area contributed by atoms with Crippen LogP contribution in [0.2, 0.25) is 0 Å². The Morgan fingerprint density at radius 1 is 1.27 bits per heavy atom. The fraction of sp³-hybridized carbons (Fsp3) is 0.400. The van der Waals surface area contributed by atoms with Crippen molar-refractivity contribution in [2.45, 2.75) is 31.6 Å². The maximum absolute atomic E-state index is 11.5. The van der Waals surface area contributed by atoms with Crippen LogP contribution in [0.25, 0.3) is 10.9 Å². The van der Waals surface area contributed by atoms with Crippen LogP contribution in [-0.2, 0) is 0 Å². The highest BCUT2D eigenvalue weighted by Gasteiger charge is 2.25. The van der Waals surface area contributed by atoms with Gasteiger partial charge in [0.2, 0.25) is 5.88 Å². The van der Waals surface area contributed by atoms with E-state index in [1.807, 2.05) is 17.8 Å². The Labute approximate surface area is 158 Å². The molecule has 1 aromatic carbocycles. The first-order valence-electron chi connectivity index (χ1n) is 8.77. The van der Waals surface area contributed by atoms with E-state index in [0.29, 0.717) is 11.4 Å². The van der Waals surface area contributed by atoms with Crippen molar-refractivity contribution < 1.29 is 14.3 Å². The number of methoxy groups -OCH3 is 2. The van der Waals surface area contributed by atoms with E-state index in [9.17, 15) is 4.79 Å². The number of thioether (sulfide) groups is 1. The summed E-state index contributed by atoms with van der Waals surface area (Å²) >= 11 is 1.89. The molecular weight excluding hydrogens is 348 g/mol. The molecule has 26 heavy (non-hydrogen) atoms. The van der Waals surface area contributed by atoms with Crippen LogP contribution in [0.3, 0.4) is 0 Å². The average molecular weight is 372 g/mol. The average Bonchev–Trinajstić information content (AvgIpc) is 3.18. The summed E-state index contributed by atoms with van der Waals surface area (Å²) in [6.07, 6.45) is 7.09. The molecule has 1 fully saturated rings. The molecule has 1 aromatic heterocycles. The quantitative estimate of drug-likeness (QED) is 0.868.